The first-order valence-corrected chi connectivity index (χ1v) is 18.3. The minimum Gasteiger partial charge on any atom is -0.481 e. The number of pyridine rings is 2. The summed E-state index contributed by atoms with van der Waals surface area (Å²) in [6.45, 7) is 2.19. The molecule has 3 aliphatic rings. The van der Waals surface area contributed by atoms with Gasteiger partial charge in [-0.25, -0.2) is 4.98 Å². The number of halogens is 4. The molecule has 14 heteroatoms. The van der Waals surface area contributed by atoms with E-state index < -0.39 is 41.3 Å². The summed E-state index contributed by atoms with van der Waals surface area (Å²) >= 11 is 7.10. The van der Waals surface area contributed by atoms with Crippen LogP contribution in [-0.4, -0.2) is 58.1 Å². The number of carbonyl (C=O) groups is 1. The van der Waals surface area contributed by atoms with Gasteiger partial charge < -0.3 is 29.7 Å². The molecule has 2 fully saturated rings. The Morgan fingerprint density at radius 3 is 2.30 bits per heavy atom. The summed E-state index contributed by atoms with van der Waals surface area (Å²) in [5.41, 5.74) is 3.78. The van der Waals surface area contributed by atoms with E-state index in [1.165, 1.54) is 7.11 Å². The Morgan fingerprint density at radius 2 is 1.63 bits per heavy atom. The molecule has 0 radical (unpaired) electrons. The van der Waals surface area contributed by atoms with Crippen molar-refractivity contribution in [2.45, 2.75) is 88.5 Å². The molecular formula is C40H42ClF3N4O6. The second kappa shape index (κ2) is 15.0. The Morgan fingerprint density at radius 1 is 0.944 bits per heavy atom. The SMILES string of the molecule is COc1nc(-c2cccc(-c3cccc4c3CC[C@@H]4Oc3nc(OC)c(CN[C@H](C(=O)O)C4CC4)cc3C(F)(F)F)c2Cl)ccc1CN[C@H]1C[C@](C)(O)C1. The number of fused-ring (bicyclic) bond motifs is 1. The van der Waals surface area contributed by atoms with Gasteiger partial charge in [-0.05, 0) is 80.2 Å². The van der Waals surface area contributed by atoms with Crippen LogP contribution >= 0.6 is 11.6 Å². The molecule has 2 aromatic heterocycles. The van der Waals surface area contributed by atoms with E-state index in [2.05, 4.69) is 15.6 Å². The van der Waals surface area contributed by atoms with Gasteiger partial charge in [-0.2, -0.15) is 18.2 Å². The zero-order chi connectivity index (χ0) is 38.4. The van der Waals surface area contributed by atoms with Crippen LogP contribution in [0.3, 0.4) is 0 Å². The van der Waals surface area contributed by atoms with Crippen molar-refractivity contribution in [1.82, 2.24) is 20.6 Å². The smallest absolute Gasteiger partial charge is 0.421 e. The third-order valence-corrected chi connectivity index (χ3v) is 10.9. The molecule has 0 amide bonds. The van der Waals surface area contributed by atoms with Gasteiger partial charge in [0, 0.05) is 41.4 Å². The van der Waals surface area contributed by atoms with Crippen LogP contribution < -0.4 is 24.8 Å². The third kappa shape index (κ3) is 7.86. The molecule has 0 saturated heterocycles. The molecule has 2 atom stereocenters. The van der Waals surface area contributed by atoms with Crippen molar-refractivity contribution in [3.8, 4) is 40.0 Å². The second-order valence-corrected chi connectivity index (χ2v) is 15.0. The number of hydrogen-bond acceptors (Lipinski definition) is 9. The quantitative estimate of drug-likeness (QED) is 0.102. The number of nitrogens with zero attached hydrogens (tertiary/aromatic N) is 2. The summed E-state index contributed by atoms with van der Waals surface area (Å²) in [4.78, 5) is 20.6. The van der Waals surface area contributed by atoms with E-state index in [0.717, 1.165) is 46.7 Å². The van der Waals surface area contributed by atoms with Gasteiger partial charge in [-0.3, -0.25) is 10.1 Å². The van der Waals surface area contributed by atoms with E-state index in [9.17, 15) is 28.2 Å². The van der Waals surface area contributed by atoms with E-state index in [1.807, 2.05) is 55.5 Å². The highest BCUT2D eigenvalue weighted by Crippen LogP contribution is 2.46. The van der Waals surface area contributed by atoms with Gasteiger partial charge in [0.25, 0.3) is 0 Å². The third-order valence-electron chi connectivity index (χ3n) is 10.5. The number of nitrogens with one attached hydrogen (secondary N) is 2. The zero-order valence-electron chi connectivity index (χ0n) is 30.1. The molecule has 0 aliphatic heterocycles. The number of alkyl halides is 3. The van der Waals surface area contributed by atoms with Crippen LogP contribution in [0.4, 0.5) is 13.2 Å². The first kappa shape index (κ1) is 37.9. The lowest BCUT2D eigenvalue weighted by atomic mass is 9.77. The van der Waals surface area contributed by atoms with Gasteiger partial charge in [0.1, 0.15) is 17.7 Å². The predicted molar refractivity (Wildman–Crippen MR) is 196 cm³/mol. The maximum absolute atomic E-state index is 14.5. The van der Waals surface area contributed by atoms with Crippen molar-refractivity contribution in [3.05, 3.63) is 87.4 Å². The molecule has 0 spiro atoms. The maximum Gasteiger partial charge on any atom is 0.421 e. The monoisotopic (exact) mass is 766 g/mol. The molecule has 4 aromatic rings. The molecule has 7 rings (SSSR count). The van der Waals surface area contributed by atoms with Crippen molar-refractivity contribution in [2.75, 3.05) is 14.2 Å². The van der Waals surface area contributed by atoms with Gasteiger partial charge in [0.2, 0.25) is 17.6 Å². The highest BCUT2D eigenvalue weighted by Gasteiger charge is 2.40. The fourth-order valence-corrected chi connectivity index (χ4v) is 7.94. The molecular weight excluding hydrogens is 725 g/mol. The first-order valence-electron chi connectivity index (χ1n) is 17.9. The van der Waals surface area contributed by atoms with Crippen molar-refractivity contribution in [1.29, 1.82) is 0 Å². The van der Waals surface area contributed by atoms with Crippen LogP contribution in [0.25, 0.3) is 22.4 Å². The summed E-state index contributed by atoms with van der Waals surface area (Å²) in [7, 11) is 2.86. The average molecular weight is 767 g/mol. The number of carboxylic acids is 1. The Labute approximate surface area is 316 Å². The van der Waals surface area contributed by atoms with E-state index in [4.69, 9.17) is 30.8 Å². The molecule has 2 heterocycles. The van der Waals surface area contributed by atoms with Crippen LogP contribution in [0.5, 0.6) is 17.6 Å². The number of ether oxygens (including phenoxy) is 3. The second-order valence-electron chi connectivity index (χ2n) is 14.6. The molecule has 286 valence electrons. The zero-order valence-corrected chi connectivity index (χ0v) is 30.9. The Balaban J connectivity index is 1.13. The number of hydrogen-bond donors (Lipinski definition) is 4. The Kier molecular flexibility index (Phi) is 10.5. The van der Waals surface area contributed by atoms with Crippen molar-refractivity contribution in [3.63, 3.8) is 0 Å². The number of benzene rings is 2. The minimum absolute atomic E-state index is 0.0618. The van der Waals surface area contributed by atoms with Gasteiger partial charge in [0.05, 0.1) is 30.5 Å². The van der Waals surface area contributed by atoms with Gasteiger partial charge >= 0.3 is 12.1 Å². The molecule has 10 nitrogen and oxygen atoms in total. The number of aliphatic hydroxyl groups is 1. The number of carboxylic acid groups (broad SMARTS) is 1. The standard InChI is InChI=1S/C40H42ClF3N4O6/c1-39(51)17-24(18-39)45-19-22-12-14-31(47-35(22)52-2)29-9-5-8-28(33(29)41)25-6-4-7-27-26(25)13-15-32(27)54-37-30(40(42,43)44)16-23(36(48-37)53-3)20-46-34(38(49)50)21-10-11-21/h4-9,12,14,16,21,24,32,34,45-46,51H,10-11,13,15,17-20H2,1-3H3,(H,49,50)/t24-,32-,34-,39-/m0/s1. The Hall–Kier alpha value is -4.43. The highest BCUT2D eigenvalue weighted by atomic mass is 35.5. The maximum atomic E-state index is 14.5. The predicted octanol–water partition coefficient (Wildman–Crippen LogP) is 7.52. The molecule has 3 aliphatic carbocycles. The molecule has 54 heavy (non-hydrogen) atoms. The van der Waals surface area contributed by atoms with Crippen LogP contribution in [0.2, 0.25) is 5.02 Å². The van der Waals surface area contributed by atoms with E-state index in [1.54, 1.807) is 7.11 Å². The van der Waals surface area contributed by atoms with Gasteiger partial charge in [-0.15, -0.1) is 0 Å². The summed E-state index contributed by atoms with van der Waals surface area (Å²) in [5.74, 6) is -1.34. The van der Waals surface area contributed by atoms with Crippen LogP contribution in [0.15, 0.2) is 54.6 Å². The van der Waals surface area contributed by atoms with Gasteiger partial charge in [-0.1, -0.05) is 54.1 Å². The largest absolute Gasteiger partial charge is 0.481 e. The summed E-state index contributed by atoms with van der Waals surface area (Å²) in [6, 6.07) is 15.4. The number of aromatic nitrogens is 2. The van der Waals surface area contributed by atoms with Crippen LogP contribution in [-0.2, 0) is 30.5 Å². The minimum atomic E-state index is -4.80. The lowest BCUT2D eigenvalue weighted by Crippen LogP contribution is -2.51. The summed E-state index contributed by atoms with van der Waals surface area (Å²) in [6.07, 6.45) is -1.74. The summed E-state index contributed by atoms with van der Waals surface area (Å²) in [5, 5.41) is 26.4. The fourth-order valence-electron chi connectivity index (χ4n) is 7.62. The fraction of sp³-hybridized carbons (Fsp3) is 0.425. The van der Waals surface area contributed by atoms with E-state index >= 15 is 0 Å². The lowest BCUT2D eigenvalue weighted by molar-refractivity contribution is -0.141. The molecule has 4 N–H and O–H groups in total. The van der Waals surface area contributed by atoms with Crippen LogP contribution in [0, 0.1) is 5.92 Å². The molecule has 0 unspecified atom stereocenters. The first-order chi connectivity index (χ1) is 25.8. The van der Waals surface area contributed by atoms with E-state index in [-0.39, 0.29) is 29.9 Å². The molecule has 2 aromatic carbocycles. The molecule has 0 bridgehead atoms. The molecule has 2 saturated carbocycles. The topological polar surface area (TPSA) is 135 Å². The van der Waals surface area contributed by atoms with Crippen molar-refractivity contribution in [2.24, 2.45) is 5.92 Å². The average Bonchev–Trinajstić information content (AvgIpc) is 3.88. The van der Waals surface area contributed by atoms with Crippen molar-refractivity contribution < 1.29 is 42.4 Å². The normalized spacial score (nSPS) is 21.3. The highest BCUT2D eigenvalue weighted by molar-refractivity contribution is 6.36. The Bertz CT molecular complexity index is 2050. The number of aliphatic carboxylic acids is 1. The number of rotatable bonds is 14. The lowest BCUT2D eigenvalue weighted by Gasteiger charge is -2.41. The van der Waals surface area contributed by atoms with Gasteiger partial charge in [0.15, 0.2) is 0 Å². The van der Waals surface area contributed by atoms with Crippen LogP contribution in [0.1, 0.15) is 72.9 Å². The summed E-state index contributed by atoms with van der Waals surface area (Å²) < 4.78 is 60.5. The van der Waals surface area contributed by atoms with Crippen molar-refractivity contribution >= 4 is 17.6 Å². The number of methoxy groups -OCH3 is 2. The van der Waals surface area contributed by atoms with E-state index in [0.29, 0.717) is 54.4 Å².